The Labute approximate surface area is 96.3 Å². The van der Waals surface area contributed by atoms with Crippen molar-refractivity contribution in [3.63, 3.8) is 0 Å². The molecule has 3 rings (SSSR count). The van der Waals surface area contributed by atoms with E-state index in [1.54, 1.807) is 11.3 Å². The van der Waals surface area contributed by atoms with Gasteiger partial charge in [0.15, 0.2) is 5.82 Å². The fraction of sp³-hybridized carbons (Fsp3) is 0.400. The molecule has 6 heteroatoms. The van der Waals surface area contributed by atoms with Crippen LogP contribution in [0.2, 0.25) is 0 Å². The Kier molecular flexibility index (Phi) is 2.47. The van der Waals surface area contributed by atoms with Crippen molar-refractivity contribution >= 4 is 11.3 Å². The lowest BCUT2D eigenvalue weighted by molar-refractivity contribution is -0.00461. The smallest absolute Gasteiger partial charge is 0.268 e. The van der Waals surface area contributed by atoms with Gasteiger partial charge in [-0.05, 0) is 11.4 Å². The SMILES string of the molecule is OC1CN(Cc2noc(-c3cccs3)n2)C1. The Balaban J connectivity index is 1.69. The molecule has 1 N–H and O–H groups in total. The zero-order valence-electron chi connectivity index (χ0n) is 8.54. The Morgan fingerprint density at radius 3 is 3.12 bits per heavy atom. The van der Waals surface area contributed by atoms with E-state index in [1.165, 1.54) is 0 Å². The standard InChI is InChI=1S/C10H11N3O2S/c14-7-4-13(5-7)6-9-11-10(15-12-9)8-2-1-3-16-8/h1-3,7,14H,4-6H2. The van der Waals surface area contributed by atoms with Gasteiger partial charge in [0.1, 0.15) is 0 Å². The van der Waals surface area contributed by atoms with E-state index in [9.17, 15) is 0 Å². The summed E-state index contributed by atoms with van der Waals surface area (Å²) < 4.78 is 5.17. The molecule has 0 atom stereocenters. The minimum absolute atomic E-state index is 0.191. The lowest BCUT2D eigenvalue weighted by Gasteiger charge is -2.34. The van der Waals surface area contributed by atoms with Gasteiger partial charge in [0.25, 0.3) is 5.89 Å². The quantitative estimate of drug-likeness (QED) is 0.862. The Bertz CT molecular complexity index is 462. The summed E-state index contributed by atoms with van der Waals surface area (Å²) in [5.41, 5.74) is 0. The van der Waals surface area contributed by atoms with Crippen molar-refractivity contribution in [2.75, 3.05) is 13.1 Å². The molecule has 16 heavy (non-hydrogen) atoms. The van der Waals surface area contributed by atoms with E-state index in [2.05, 4.69) is 15.0 Å². The molecule has 84 valence electrons. The molecule has 2 aromatic rings. The molecule has 0 spiro atoms. The van der Waals surface area contributed by atoms with Crippen LogP contribution >= 0.6 is 11.3 Å². The number of likely N-dealkylation sites (tertiary alicyclic amines) is 1. The van der Waals surface area contributed by atoms with Crippen LogP contribution in [0.15, 0.2) is 22.0 Å². The molecular weight excluding hydrogens is 226 g/mol. The van der Waals surface area contributed by atoms with Crippen LogP contribution in [-0.4, -0.2) is 39.3 Å². The lowest BCUT2D eigenvalue weighted by Crippen LogP contribution is -2.49. The zero-order chi connectivity index (χ0) is 11.0. The molecule has 0 radical (unpaired) electrons. The number of hydrogen-bond donors (Lipinski definition) is 1. The van der Waals surface area contributed by atoms with Gasteiger partial charge in [-0.2, -0.15) is 4.98 Å². The largest absolute Gasteiger partial charge is 0.390 e. The van der Waals surface area contributed by atoms with E-state index in [0.717, 1.165) is 4.88 Å². The highest BCUT2D eigenvalue weighted by Crippen LogP contribution is 2.23. The molecule has 0 aromatic carbocycles. The van der Waals surface area contributed by atoms with Gasteiger partial charge in [0.2, 0.25) is 0 Å². The molecule has 1 aliphatic rings. The molecule has 5 nitrogen and oxygen atoms in total. The van der Waals surface area contributed by atoms with E-state index < -0.39 is 0 Å². The van der Waals surface area contributed by atoms with Crippen LogP contribution in [0.25, 0.3) is 10.8 Å². The topological polar surface area (TPSA) is 62.4 Å². The van der Waals surface area contributed by atoms with Gasteiger partial charge in [-0.1, -0.05) is 11.2 Å². The molecule has 0 saturated carbocycles. The Morgan fingerprint density at radius 1 is 1.56 bits per heavy atom. The van der Waals surface area contributed by atoms with Crippen molar-refractivity contribution in [1.29, 1.82) is 0 Å². The minimum atomic E-state index is -0.191. The minimum Gasteiger partial charge on any atom is -0.390 e. The van der Waals surface area contributed by atoms with Crippen LogP contribution in [0.5, 0.6) is 0 Å². The summed E-state index contributed by atoms with van der Waals surface area (Å²) in [6.45, 7) is 2.04. The van der Waals surface area contributed by atoms with Crippen molar-refractivity contribution in [2.45, 2.75) is 12.6 Å². The van der Waals surface area contributed by atoms with E-state index in [1.807, 2.05) is 17.5 Å². The van der Waals surface area contributed by atoms with E-state index >= 15 is 0 Å². The van der Waals surface area contributed by atoms with Crippen LogP contribution in [0.1, 0.15) is 5.82 Å². The number of rotatable bonds is 3. The van der Waals surface area contributed by atoms with Crippen LogP contribution in [-0.2, 0) is 6.54 Å². The second-order valence-corrected chi connectivity index (χ2v) is 4.79. The van der Waals surface area contributed by atoms with Crippen LogP contribution < -0.4 is 0 Å². The number of nitrogens with zero attached hydrogens (tertiary/aromatic N) is 3. The van der Waals surface area contributed by atoms with Gasteiger partial charge in [-0.15, -0.1) is 11.3 Å². The second-order valence-electron chi connectivity index (χ2n) is 3.84. The maximum atomic E-state index is 9.15. The summed E-state index contributed by atoms with van der Waals surface area (Å²) in [6, 6.07) is 3.91. The summed E-state index contributed by atoms with van der Waals surface area (Å²) in [5.74, 6) is 1.25. The zero-order valence-corrected chi connectivity index (χ0v) is 9.35. The first kappa shape index (κ1) is 9.95. The van der Waals surface area contributed by atoms with Gasteiger partial charge in [-0.3, -0.25) is 4.90 Å². The predicted molar refractivity (Wildman–Crippen MR) is 58.9 cm³/mol. The number of β-amino-alcohol motifs (C(OH)–C–C–N with tert-alkyl or cyclic N) is 1. The highest BCUT2D eigenvalue weighted by atomic mass is 32.1. The molecule has 0 bridgehead atoms. The first-order valence-electron chi connectivity index (χ1n) is 5.08. The van der Waals surface area contributed by atoms with Crippen molar-refractivity contribution in [3.8, 4) is 10.8 Å². The van der Waals surface area contributed by atoms with E-state index in [-0.39, 0.29) is 6.10 Å². The maximum absolute atomic E-state index is 9.15. The normalized spacial score (nSPS) is 17.6. The van der Waals surface area contributed by atoms with E-state index in [0.29, 0.717) is 31.3 Å². The van der Waals surface area contributed by atoms with Crippen LogP contribution in [0.4, 0.5) is 0 Å². The molecule has 2 aromatic heterocycles. The van der Waals surface area contributed by atoms with Crippen molar-refractivity contribution in [1.82, 2.24) is 15.0 Å². The summed E-state index contributed by atoms with van der Waals surface area (Å²) >= 11 is 1.58. The van der Waals surface area contributed by atoms with Crippen LogP contribution in [0.3, 0.4) is 0 Å². The molecule has 0 unspecified atom stereocenters. The molecule has 0 aliphatic carbocycles. The van der Waals surface area contributed by atoms with Gasteiger partial charge in [-0.25, -0.2) is 0 Å². The average molecular weight is 237 g/mol. The Morgan fingerprint density at radius 2 is 2.44 bits per heavy atom. The maximum Gasteiger partial charge on any atom is 0.268 e. The third-order valence-electron chi connectivity index (χ3n) is 2.50. The summed E-state index contributed by atoms with van der Waals surface area (Å²) in [6.07, 6.45) is -0.191. The number of aliphatic hydroxyl groups is 1. The summed E-state index contributed by atoms with van der Waals surface area (Å²) in [4.78, 5) is 7.37. The number of hydrogen-bond acceptors (Lipinski definition) is 6. The third kappa shape index (κ3) is 1.87. The fourth-order valence-electron chi connectivity index (χ4n) is 1.69. The number of thiophene rings is 1. The van der Waals surface area contributed by atoms with Crippen molar-refractivity contribution in [3.05, 3.63) is 23.3 Å². The number of aliphatic hydroxyl groups excluding tert-OH is 1. The molecule has 1 aliphatic heterocycles. The summed E-state index contributed by atoms with van der Waals surface area (Å²) in [7, 11) is 0. The molecule has 1 fully saturated rings. The average Bonchev–Trinajstić information content (AvgIpc) is 2.84. The second kappa shape index (κ2) is 3.97. The van der Waals surface area contributed by atoms with Crippen molar-refractivity contribution in [2.24, 2.45) is 0 Å². The van der Waals surface area contributed by atoms with Crippen LogP contribution in [0, 0.1) is 0 Å². The fourth-order valence-corrected chi connectivity index (χ4v) is 2.33. The third-order valence-corrected chi connectivity index (χ3v) is 3.36. The molecular formula is C10H11N3O2S. The van der Waals surface area contributed by atoms with Gasteiger partial charge < -0.3 is 9.63 Å². The van der Waals surface area contributed by atoms with Crippen molar-refractivity contribution < 1.29 is 9.63 Å². The molecule has 1 saturated heterocycles. The Hall–Kier alpha value is -1.24. The summed E-state index contributed by atoms with van der Waals surface area (Å²) in [5, 5.41) is 15.0. The van der Waals surface area contributed by atoms with Gasteiger partial charge in [0, 0.05) is 13.1 Å². The lowest BCUT2D eigenvalue weighted by atomic mass is 10.2. The first-order valence-corrected chi connectivity index (χ1v) is 5.96. The highest BCUT2D eigenvalue weighted by molar-refractivity contribution is 7.13. The molecule has 0 amide bonds. The highest BCUT2D eigenvalue weighted by Gasteiger charge is 2.25. The predicted octanol–water partition coefficient (Wildman–Crippen LogP) is 0.975. The van der Waals surface area contributed by atoms with E-state index in [4.69, 9.17) is 9.63 Å². The monoisotopic (exact) mass is 237 g/mol. The first-order chi connectivity index (χ1) is 7.81. The van der Waals surface area contributed by atoms with Gasteiger partial charge in [0.05, 0.1) is 17.5 Å². The molecule has 3 heterocycles. The van der Waals surface area contributed by atoms with Gasteiger partial charge >= 0.3 is 0 Å². The number of aromatic nitrogens is 2.